The van der Waals surface area contributed by atoms with E-state index in [0.717, 1.165) is 17.9 Å². The van der Waals surface area contributed by atoms with Gasteiger partial charge < -0.3 is 20.5 Å². The average molecular weight is 294 g/mol. The molecule has 2 amide bonds. The first kappa shape index (κ1) is 17.3. The first-order chi connectivity index (χ1) is 10.0. The molecule has 3 N–H and O–H groups in total. The number of carbonyl (C=O) groups is 1. The monoisotopic (exact) mass is 294 g/mol. The fraction of sp³-hybridized carbons (Fsp3) is 0.562. The molecule has 1 rings (SSSR count). The second-order valence-corrected chi connectivity index (χ2v) is 5.31. The maximum Gasteiger partial charge on any atom is 0.319 e. The van der Waals surface area contributed by atoms with Gasteiger partial charge in [0.1, 0.15) is 5.75 Å². The number of hydrogen-bond acceptors (Lipinski definition) is 3. The highest BCUT2D eigenvalue weighted by Crippen LogP contribution is 2.17. The van der Waals surface area contributed by atoms with Crippen molar-refractivity contribution in [3.05, 3.63) is 24.3 Å². The van der Waals surface area contributed by atoms with Crippen LogP contribution in [0.25, 0.3) is 0 Å². The van der Waals surface area contributed by atoms with Crippen LogP contribution in [0, 0.1) is 5.92 Å². The minimum Gasteiger partial charge on any atom is -0.491 e. The second-order valence-electron chi connectivity index (χ2n) is 5.31. The third-order valence-electron chi connectivity index (χ3n) is 3.26. The summed E-state index contributed by atoms with van der Waals surface area (Å²) in [4.78, 5) is 11.7. The number of urea groups is 1. The van der Waals surface area contributed by atoms with Crippen molar-refractivity contribution in [2.75, 3.05) is 18.5 Å². The van der Waals surface area contributed by atoms with Gasteiger partial charge >= 0.3 is 6.03 Å². The van der Waals surface area contributed by atoms with Crippen molar-refractivity contribution >= 4 is 11.7 Å². The van der Waals surface area contributed by atoms with E-state index in [1.807, 2.05) is 38.1 Å². The predicted molar refractivity (Wildman–Crippen MR) is 84.7 cm³/mol. The summed E-state index contributed by atoms with van der Waals surface area (Å²) in [7, 11) is 0. The van der Waals surface area contributed by atoms with Gasteiger partial charge in [-0.3, -0.25) is 0 Å². The highest BCUT2D eigenvalue weighted by atomic mass is 16.5. The number of benzene rings is 1. The van der Waals surface area contributed by atoms with Crippen LogP contribution in [0.4, 0.5) is 10.5 Å². The fourth-order valence-corrected chi connectivity index (χ4v) is 1.70. The lowest BCUT2D eigenvalue weighted by Gasteiger charge is -2.14. The molecule has 0 saturated carbocycles. The van der Waals surface area contributed by atoms with Crippen LogP contribution in [0.3, 0.4) is 0 Å². The molecule has 2 atom stereocenters. The maximum atomic E-state index is 11.7. The van der Waals surface area contributed by atoms with E-state index in [1.54, 1.807) is 0 Å². The molecule has 2 unspecified atom stereocenters. The zero-order chi connectivity index (χ0) is 15.7. The molecule has 0 spiro atoms. The first-order valence-corrected chi connectivity index (χ1v) is 7.47. The molecule has 118 valence electrons. The van der Waals surface area contributed by atoms with Crippen LogP contribution < -0.4 is 15.4 Å². The van der Waals surface area contributed by atoms with Gasteiger partial charge in [-0.1, -0.05) is 13.8 Å². The number of ether oxygens (including phenoxy) is 1. The van der Waals surface area contributed by atoms with Crippen LogP contribution in [0.1, 0.15) is 33.6 Å². The number of anilines is 1. The molecule has 0 aliphatic carbocycles. The molecule has 0 radical (unpaired) electrons. The number of hydrogen-bond donors (Lipinski definition) is 3. The van der Waals surface area contributed by atoms with E-state index in [2.05, 4.69) is 17.6 Å². The quantitative estimate of drug-likeness (QED) is 0.690. The summed E-state index contributed by atoms with van der Waals surface area (Å²) in [5, 5.41) is 14.3. The molecular weight excluding hydrogens is 268 g/mol. The van der Waals surface area contributed by atoms with E-state index in [4.69, 9.17) is 9.84 Å². The largest absolute Gasteiger partial charge is 0.491 e. The Bertz CT molecular complexity index is 420. The van der Waals surface area contributed by atoms with Crippen LogP contribution in [0.15, 0.2) is 24.3 Å². The van der Waals surface area contributed by atoms with Crippen molar-refractivity contribution in [1.29, 1.82) is 0 Å². The smallest absolute Gasteiger partial charge is 0.319 e. The molecule has 5 heteroatoms. The molecule has 0 heterocycles. The van der Waals surface area contributed by atoms with Crippen molar-refractivity contribution in [3.63, 3.8) is 0 Å². The normalized spacial score (nSPS) is 13.3. The Kier molecular flexibility index (Phi) is 7.61. The Morgan fingerprint density at radius 1 is 1.29 bits per heavy atom. The molecule has 5 nitrogen and oxygen atoms in total. The Labute approximate surface area is 126 Å². The Balaban J connectivity index is 2.39. The van der Waals surface area contributed by atoms with Crippen LogP contribution in [0.2, 0.25) is 0 Å². The molecule has 0 aliphatic rings. The number of aliphatic hydroxyl groups excluding tert-OH is 1. The van der Waals surface area contributed by atoms with E-state index < -0.39 is 0 Å². The lowest BCUT2D eigenvalue weighted by molar-refractivity contribution is 0.217. The lowest BCUT2D eigenvalue weighted by atomic mass is 10.1. The fourth-order valence-electron chi connectivity index (χ4n) is 1.70. The van der Waals surface area contributed by atoms with Crippen LogP contribution in [-0.2, 0) is 0 Å². The molecule has 0 aromatic heterocycles. The average Bonchev–Trinajstić information content (AvgIpc) is 2.47. The van der Waals surface area contributed by atoms with E-state index >= 15 is 0 Å². The summed E-state index contributed by atoms with van der Waals surface area (Å²) < 4.78 is 5.68. The van der Waals surface area contributed by atoms with Gasteiger partial charge in [0.05, 0.1) is 6.10 Å². The number of carbonyl (C=O) groups excluding carboxylic acids is 1. The number of amides is 2. The Morgan fingerprint density at radius 2 is 1.95 bits per heavy atom. The molecule has 0 aliphatic heterocycles. The molecule has 0 bridgehead atoms. The Morgan fingerprint density at radius 3 is 2.52 bits per heavy atom. The number of nitrogens with one attached hydrogen (secondary N) is 2. The Hall–Kier alpha value is -1.75. The second kappa shape index (κ2) is 9.23. The minimum atomic E-state index is -0.240. The SMILES string of the molecule is CCC(C)Oc1ccc(NC(=O)NCC(C)CCO)cc1. The van der Waals surface area contributed by atoms with E-state index in [1.165, 1.54) is 0 Å². The van der Waals surface area contributed by atoms with E-state index in [-0.39, 0.29) is 24.7 Å². The number of aliphatic hydroxyl groups is 1. The third-order valence-corrected chi connectivity index (χ3v) is 3.26. The summed E-state index contributed by atoms with van der Waals surface area (Å²) in [6, 6.07) is 7.07. The third kappa shape index (κ3) is 6.99. The van der Waals surface area contributed by atoms with Crippen LogP contribution >= 0.6 is 0 Å². The van der Waals surface area contributed by atoms with Crippen molar-refractivity contribution in [3.8, 4) is 5.75 Å². The van der Waals surface area contributed by atoms with Crippen molar-refractivity contribution < 1.29 is 14.6 Å². The molecule has 21 heavy (non-hydrogen) atoms. The zero-order valence-electron chi connectivity index (χ0n) is 13.1. The van der Waals surface area contributed by atoms with Crippen LogP contribution in [-0.4, -0.2) is 30.4 Å². The van der Waals surface area contributed by atoms with E-state index in [9.17, 15) is 4.79 Å². The highest BCUT2D eigenvalue weighted by Gasteiger charge is 2.06. The maximum absolute atomic E-state index is 11.7. The predicted octanol–water partition coefficient (Wildman–Crippen LogP) is 3.00. The number of rotatable bonds is 8. The van der Waals surface area contributed by atoms with Gasteiger partial charge in [0.25, 0.3) is 0 Å². The zero-order valence-corrected chi connectivity index (χ0v) is 13.1. The van der Waals surface area contributed by atoms with Crippen LogP contribution in [0.5, 0.6) is 5.75 Å². The van der Waals surface area contributed by atoms with Gasteiger partial charge in [0, 0.05) is 18.8 Å². The molecule has 0 fully saturated rings. The van der Waals surface area contributed by atoms with Gasteiger partial charge in [-0.25, -0.2) is 4.79 Å². The lowest BCUT2D eigenvalue weighted by Crippen LogP contribution is -2.32. The summed E-state index contributed by atoms with van der Waals surface area (Å²) in [5.41, 5.74) is 0.721. The van der Waals surface area contributed by atoms with Crippen molar-refractivity contribution in [2.45, 2.75) is 39.7 Å². The highest BCUT2D eigenvalue weighted by molar-refractivity contribution is 5.89. The molecule has 0 saturated heterocycles. The molecular formula is C16H26N2O3. The summed E-state index contributed by atoms with van der Waals surface area (Å²) in [6.45, 7) is 6.76. The topological polar surface area (TPSA) is 70.6 Å². The van der Waals surface area contributed by atoms with Crippen molar-refractivity contribution in [2.24, 2.45) is 5.92 Å². The first-order valence-electron chi connectivity index (χ1n) is 7.47. The van der Waals surface area contributed by atoms with Gasteiger partial charge in [0.2, 0.25) is 0 Å². The minimum absolute atomic E-state index is 0.141. The standard InChI is InChI=1S/C16H26N2O3/c1-4-13(3)21-15-7-5-14(6-8-15)18-16(20)17-11-12(2)9-10-19/h5-8,12-13,19H,4,9-11H2,1-3H3,(H2,17,18,20). The van der Waals surface area contributed by atoms with E-state index in [0.29, 0.717) is 13.0 Å². The summed E-state index contributed by atoms with van der Waals surface area (Å²) in [5.74, 6) is 1.05. The molecule has 1 aromatic carbocycles. The van der Waals surface area contributed by atoms with Gasteiger partial charge in [-0.2, -0.15) is 0 Å². The van der Waals surface area contributed by atoms with Gasteiger partial charge in [-0.15, -0.1) is 0 Å². The van der Waals surface area contributed by atoms with Crippen molar-refractivity contribution in [1.82, 2.24) is 5.32 Å². The van der Waals surface area contributed by atoms with Gasteiger partial charge in [0.15, 0.2) is 0 Å². The summed E-state index contributed by atoms with van der Waals surface area (Å²) in [6.07, 6.45) is 1.82. The van der Waals surface area contributed by atoms with Gasteiger partial charge in [-0.05, 0) is 49.9 Å². The molecule has 1 aromatic rings. The summed E-state index contributed by atoms with van der Waals surface area (Å²) >= 11 is 0.